The van der Waals surface area contributed by atoms with E-state index in [1.165, 1.54) is 0 Å². The fraction of sp³-hybridized carbons (Fsp3) is 0.286. The molecular weight excluding hydrogens is 390 g/mol. The second kappa shape index (κ2) is 9.54. The molecule has 3 aromatic rings. The monoisotopic (exact) mass is 413 g/mol. The van der Waals surface area contributed by atoms with Crippen molar-refractivity contribution in [2.75, 3.05) is 24.4 Å². The minimum atomic E-state index is -0.170. The number of rotatable bonds is 8. The van der Waals surface area contributed by atoms with Gasteiger partial charge in [-0.25, -0.2) is 4.98 Å². The van der Waals surface area contributed by atoms with Crippen molar-refractivity contribution in [1.82, 2.24) is 15.0 Å². The number of aliphatic hydroxyl groups excluding tert-OH is 1. The summed E-state index contributed by atoms with van der Waals surface area (Å²) in [6, 6.07) is 10.7. The van der Waals surface area contributed by atoms with Gasteiger partial charge < -0.3 is 20.5 Å². The van der Waals surface area contributed by atoms with Gasteiger partial charge >= 0.3 is 0 Å². The highest BCUT2D eigenvalue weighted by Gasteiger charge is 2.16. The van der Waals surface area contributed by atoms with E-state index in [-0.39, 0.29) is 18.6 Å². The molecule has 1 atom stereocenters. The molecule has 2 aromatic heterocycles. The highest BCUT2D eigenvalue weighted by molar-refractivity contribution is 6.31. The number of anilines is 3. The van der Waals surface area contributed by atoms with Crippen molar-refractivity contribution in [2.24, 2.45) is 5.92 Å². The van der Waals surface area contributed by atoms with E-state index in [0.29, 0.717) is 33.9 Å². The van der Waals surface area contributed by atoms with Gasteiger partial charge in [0.05, 0.1) is 31.1 Å². The number of hydrogen-bond donors (Lipinski definition) is 3. The van der Waals surface area contributed by atoms with Crippen LogP contribution in [0.3, 0.4) is 0 Å². The van der Waals surface area contributed by atoms with Crippen LogP contribution < -0.4 is 15.4 Å². The highest BCUT2D eigenvalue weighted by Crippen LogP contribution is 2.31. The van der Waals surface area contributed by atoms with E-state index in [1.54, 1.807) is 37.7 Å². The van der Waals surface area contributed by atoms with Gasteiger partial charge in [0.1, 0.15) is 11.6 Å². The third-order valence-electron chi connectivity index (χ3n) is 4.44. The summed E-state index contributed by atoms with van der Waals surface area (Å²) in [6.45, 7) is 4.03. The molecular formula is C21H24ClN5O2. The molecule has 0 fully saturated rings. The van der Waals surface area contributed by atoms with E-state index in [4.69, 9.17) is 16.3 Å². The van der Waals surface area contributed by atoms with Gasteiger partial charge in [0.2, 0.25) is 5.95 Å². The molecule has 152 valence electrons. The highest BCUT2D eigenvalue weighted by atomic mass is 35.5. The molecule has 7 nitrogen and oxygen atoms in total. The van der Waals surface area contributed by atoms with Crippen LogP contribution in [0.25, 0.3) is 11.3 Å². The topological polar surface area (TPSA) is 92.2 Å². The smallest absolute Gasteiger partial charge is 0.225 e. The summed E-state index contributed by atoms with van der Waals surface area (Å²) < 4.78 is 5.41. The van der Waals surface area contributed by atoms with Crippen LogP contribution in [0.15, 0.2) is 48.8 Å². The van der Waals surface area contributed by atoms with Gasteiger partial charge in [-0.1, -0.05) is 25.4 Å². The van der Waals surface area contributed by atoms with Crippen molar-refractivity contribution in [3.63, 3.8) is 0 Å². The first-order valence-corrected chi connectivity index (χ1v) is 9.65. The maximum atomic E-state index is 9.67. The fourth-order valence-corrected chi connectivity index (χ4v) is 2.92. The number of aromatic nitrogens is 3. The summed E-state index contributed by atoms with van der Waals surface area (Å²) in [6.07, 6.45) is 3.42. The average molecular weight is 414 g/mol. The molecule has 3 N–H and O–H groups in total. The number of pyridine rings is 1. The van der Waals surface area contributed by atoms with Crippen LogP contribution in [-0.2, 0) is 0 Å². The third-order valence-corrected chi connectivity index (χ3v) is 4.68. The molecule has 0 bridgehead atoms. The Morgan fingerprint density at radius 3 is 2.52 bits per heavy atom. The molecule has 0 unspecified atom stereocenters. The number of ether oxygens (including phenoxy) is 1. The predicted octanol–water partition coefficient (Wildman–Crippen LogP) is 4.37. The molecule has 0 aliphatic rings. The van der Waals surface area contributed by atoms with Crippen LogP contribution in [0, 0.1) is 5.92 Å². The Hall–Kier alpha value is -2.90. The Kier molecular flexibility index (Phi) is 6.85. The first kappa shape index (κ1) is 20.8. The SMILES string of the molecule is COc1ccc(Cl)cc1Nc1cc(-c2ccncc2)nc(N[C@@H](CO)C(C)C)n1. The number of methoxy groups -OCH3 is 1. The van der Waals surface area contributed by atoms with E-state index < -0.39 is 0 Å². The van der Waals surface area contributed by atoms with E-state index in [0.717, 1.165) is 5.56 Å². The normalized spacial score (nSPS) is 11.9. The van der Waals surface area contributed by atoms with E-state index in [2.05, 4.69) is 25.6 Å². The van der Waals surface area contributed by atoms with Crippen LogP contribution >= 0.6 is 11.6 Å². The van der Waals surface area contributed by atoms with Crippen molar-refractivity contribution in [1.29, 1.82) is 0 Å². The lowest BCUT2D eigenvalue weighted by atomic mass is 10.1. The Bertz CT molecular complexity index is 953. The van der Waals surface area contributed by atoms with Gasteiger partial charge in [0.15, 0.2) is 0 Å². The summed E-state index contributed by atoms with van der Waals surface area (Å²) in [7, 11) is 1.60. The Morgan fingerprint density at radius 2 is 1.86 bits per heavy atom. The summed E-state index contributed by atoms with van der Waals surface area (Å²) in [5, 5.41) is 16.7. The van der Waals surface area contributed by atoms with Crippen LogP contribution in [-0.4, -0.2) is 39.8 Å². The Balaban J connectivity index is 2.01. The molecule has 8 heteroatoms. The average Bonchev–Trinajstić information content (AvgIpc) is 2.72. The summed E-state index contributed by atoms with van der Waals surface area (Å²) in [5.41, 5.74) is 2.30. The fourth-order valence-electron chi connectivity index (χ4n) is 2.75. The van der Waals surface area contributed by atoms with Crippen LogP contribution in [0.1, 0.15) is 13.8 Å². The van der Waals surface area contributed by atoms with Gasteiger partial charge in [0.25, 0.3) is 0 Å². The molecule has 29 heavy (non-hydrogen) atoms. The van der Waals surface area contributed by atoms with E-state index in [9.17, 15) is 5.11 Å². The molecule has 0 aliphatic carbocycles. The Morgan fingerprint density at radius 1 is 1.10 bits per heavy atom. The number of nitrogens with zero attached hydrogens (tertiary/aromatic N) is 3. The van der Waals surface area contributed by atoms with Gasteiger partial charge in [-0.15, -0.1) is 0 Å². The van der Waals surface area contributed by atoms with Crippen molar-refractivity contribution in [2.45, 2.75) is 19.9 Å². The molecule has 0 radical (unpaired) electrons. The molecule has 0 amide bonds. The zero-order valence-corrected chi connectivity index (χ0v) is 17.3. The van der Waals surface area contributed by atoms with Gasteiger partial charge in [0, 0.05) is 29.0 Å². The summed E-state index contributed by atoms with van der Waals surface area (Å²) in [4.78, 5) is 13.2. The summed E-state index contributed by atoms with van der Waals surface area (Å²) in [5.74, 6) is 1.83. The maximum Gasteiger partial charge on any atom is 0.225 e. The molecule has 3 rings (SSSR count). The van der Waals surface area contributed by atoms with Crippen LogP contribution in [0.5, 0.6) is 5.75 Å². The van der Waals surface area contributed by atoms with E-state index in [1.807, 2.05) is 32.0 Å². The summed E-state index contributed by atoms with van der Waals surface area (Å²) >= 11 is 6.15. The minimum absolute atomic E-state index is 0.0224. The molecule has 0 saturated carbocycles. The maximum absolute atomic E-state index is 9.67. The number of nitrogens with one attached hydrogen (secondary N) is 2. The van der Waals surface area contributed by atoms with Crippen molar-refractivity contribution in [3.8, 4) is 17.0 Å². The van der Waals surface area contributed by atoms with Gasteiger partial charge in [-0.2, -0.15) is 4.98 Å². The van der Waals surface area contributed by atoms with Crippen molar-refractivity contribution >= 4 is 29.1 Å². The lowest BCUT2D eigenvalue weighted by Crippen LogP contribution is -2.30. The molecule has 0 saturated heterocycles. The standard InChI is InChI=1S/C21H24ClN5O2/c1-13(2)18(12-28)26-21-25-16(14-6-8-23-9-7-14)11-20(27-21)24-17-10-15(22)4-5-19(17)29-3/h4-11,13,18,28H,12H2,1-3H3,(H2,24,25,26,27)/t18-/m0/s1. The largest absolute Gasteiger partial charge is 0.495 e. The molecule has 1 aromatic carbocycles. The predicted molar refractivity (Wildman–Crippen MR) is 116 cm³/mol. The second-order valence-corrected chi connectivity index (χ2v) is 7.28. The third kappa shape index (κ3) is 5.34. The molecule has 0 spiro atoms. The lowest BCUT2D eigenvalue weighted by molar-refractivity contribution is 0.248. The number of aliphatic hydroxyl groups is 1. The number of halogens is 1. The Labute approximate surface area is 175 Å². The minimum Gasteiger partial charge on any atom is -0.495 e. The van der Waals surface area contributed by atoms with Gasteiger partial charge in [-0.3, -0.25) is 4.98 Å². The van der Waals surface area contributed by atoms with Gasteiger partial charge in [-0.05, 0) is 36.2 Å². The first-order valence-electron chi connectivity index (χ1n) is 9.27. The zero-order chi connectivity index (χ0) is 20.8. The zero-order valence-electron chi connectivity index (χ0n) is 16.6. The first-order chi connectivity index (χ1) is 14.0. The quantitative estimate of drug-likeness (QED) is 0.504. The second-order valence-electron chi connectivity index (χ2n) is 6.84. The number of benzene rings is 1. The van der Waals surface area contributed by atoms with E-state index >= 15 is 0 Å². The van der Waals surface area contributed by atoms with Crippen LogP contribution in [0.2, 0.25) is 5.02 Å². The molecule has 2 heterocycles. The molecule has 0 aliphatic heterocycles. The lowest BCUT2D eigenvalue weighted by Gasteiger charge is -2.21. The van der Waals surface area contributed by atoms with Crippen molar-refractivity contribution < 1.29 is 9.84 Å². The number of hydrogen-bond acceptors (Lipinski definition) is 7. The van der Waals surface area contributed by atoms with Crippen molar-refractivity contribution in [3.05, 3.63) is 53.8 Å². The van der Waals surface area contributed by atoms with Crippen LogP contribution in [0.4, 0.5) is 17.5 Å².